The van der Waals surface area contributed by atoms with Crippen LogP contribution < -0.4 is 0 Å². The molecule has 0 amide bonds. The van der Waals surface area contributed by atoms with Crippen LogP contribution in [0.2, 0.25) is 0 Å². The van der Waals surface area contributed by atoms with Gasteiger partial charge in [-0.3, -0.25) is 19.2 Å². The van der Waals surface area contributed by atoms with Crippen molar-refractivity contribution in [2.24, 2.45) is 23.7 Å². The van der Waals surface area contributed by atoms with E-state index in [4.69, 9.17) is 9.47 Å². The highest BCUT2D eigenvalue weighted by Crippen LogP contribution is 2.31. The van der Waals surface area contributed by atoms with Gasteiger partial charge in [-0.2, -0.15) is 0 Å². The third-order valence-electron chi connectivity index (χ3n) is 4.46. The lowest BCUT2D eigenvalue weighted by Gasteiger charge is -2.28. The third kappa shape index (κ3) is 5.73. The van der Waals surface area contributed by atoms with Crippen LogP contribution in [0.4, 0.5) is 0 Å². The minimum absolute atomic E-state index is 0.00759. The molecule has 4 atom stereocenters. The third-order valence-corrected chi connectivity index (χ3v) is 4.46. The standard InChI is InChI=1S/C18H28O6/c1-5-23-17(21)11(3)7-13-9-16(20)14(10-15(13)19)8-12(4)18(22)24-6-2/h11-14H,5-10H2,1-4H3. The van der Waals surface area contributed by atoms with Gasteiger partial charge in [0.05, 0.1) is 25.0 Å². The molecule has 1 aliphatic carbocycles. The normalized spacial score (nSPS) is 23.5. The number of hydrogen-bond acceptors (Lipinski definition) is 6. The fourth-order valence-corrected chi connectivity index (χ4v) is 3.09. The van der Waals surface area contributed by atoms with Gasteiger partial charge in [-0.25, -0.2) is 0 Å². The minimum Gasteiger partial charge on any atom is -0.466 e. The first-order chi connectivity index (χ1) is 11.3. The van der Waals surface area contributed by atoms with Crippen LogP contribution in [0, 0.1) is 23.7 Å². The van der Waals surface area contributed by atoms with E-state index in [2.05, 4.69) is 0 Å². The quantitative estimate of drug-likeness (QED) is 0.630. The summed E-state index contributed by atoms with van der Waals surface area (Å²) in [4.78, 5) is 48.0. The number of Topliss-reactive ketones (excluding diaryl/α,β-unsaturated/α-hetero) is 2. The fourth-order valence-electron chi connectivity index (χ4n) is 3.09. The number of ether oxygens (including phenoxy) is 2. The summed E-state index contributed by atoms with van der Waals surface area (Å²) in [6.07, 6.45) is 0.957. The zero-order valence-electron chi connectivity index (χ0n) is 15.0. The Kier molecular flexibility index (Phi) is 8.08. The Morgan fingerprint density at radius 1 is 0.875 bits per heavy atom. The molecule has 0 N–H and O–H groups in total. The molecular formula is C18H28O6. The molecule has 0 spiro atoms. The maximum atomic E-state index is 12.3. The number of ketones is 2. The van der Waals surface area contributed by atoms with E-state index in [0.29, 0.717) is 26.1 Å². The van der Waals surface area contributed by atoms with Gasteiger partial charge in [0.15, 0.2) is 0 Å². The Morgan fingerprint density at radius 3 is 1.50 bits per heavy atom. The van der Waals surface area contributed by atoms with Crippen LogP contribution in [0.3, 0.4) is 0 Å². The number of hydrogen-bond donors (Lipinski definition) is 0. The van der Waals surface area contributed by atoms with Crippen LogP contribution >= 0.6 is 0 Å². The Balaban J connectivity index is 2.58. The molecule has 0 aliphatic heterocycles. The van der Waals surface area contributed by atoms with E-state index >= 15 is 0 Å². The summed E-state index contributed by atoms with van der Waals surface area (Å²) < 4.78 is 9.89. The van der Waals surface area contributed by atoms with E-state index in [-0.39, 0.29) is 36.3 Å². The Hall–Kier alpha value is -1.72. The first-order valence-electron chi connectivity index (χ1n) is 8.68. The van der Waals surface area contributed by atoms with Crippen molar-refractivity contribution in [2.75, 3.05) is 13.2 Å². The topological polar surface area (TPSA) is 86.7 Å². The number of carbonyl (C=O) groups is 4. The molecule has 1 fully saturated rings. The van der Waals surface area contributed by atoms with Crippen LogP contribution in [0.1, 0.15) is 53.4 Å². The van der Waals surface area contributed by atoms with Crippen molar-refractivity contribution in [3.63, 3.8) is 0 Å². The van der Waals surface area contributed by atoms with Gasteiger partial charge in [0.25, 0.3) is 0 Å². The second kappa shape index (κ2) is 9.55. The molecule has 1 aliphatic rings. The van der Waals surface area contributed by atoms with Gasteiger partial charge >= 0.3 is 11.9 Å². The van der Waals surface area contributed by atoms with Crippen molar-refractivity contribution < 1.29 is 28.7 Å². The molecular weight excluding hydrogens is 312 g/mol. The predicted octanol–water partition coefficient (Wildman–Crippen LogP) is 2.33. The van der Waals surface area contributed by atoms with E-state index in [1.807, 2.05) is 0 Å². The van der Waals surface area contributed by atoms with Gasteiger partial charge in [0.2, 0.25) is 0 Å². The predicted molar refractivity (Wildman–Crippen MR) is 87.1 cm³/mol. The van der Waals surface area contributed by atoms with Crippen LogP contribution in [0.15, 0.2) is 0 Å². The van der Waals surface area contributed by atoms with E-state index in [0.717, 1.165) is 0 Å². The van der Waals surface area contributed by atoms with Crippen LogP contribution in [0.25, 0.3) is 0 Å². The van der Waals surface area contributed by atoms with Crippen molar-refractivity contribution in [3.8, 4) is 0 Å². The van der Waals surface area contributed by atoms with Gasteiger partial charge in [-0.1, -0.05) is 13.8 Å². The molecule has 0 aromatic rings. The van der Waals surface area contributed by atoms with E-state index in [9.17, 15) is 19.2 Å². The van der Waals surface area contributed by atoms with Crippen LogP contribution in [-0.2, 0) is 28.7 Å². The average molecular weight is 340 g/mol. The lowest BCUT2D eigenvalue weighted by Crippen LogP contribution is -2.36. The van der Waals surface area contributed by atoms with E-state index in [1.165, 1.54) is 0 Å². The average Bonchev–Trinajstić information content (AvgIpc) is 2.52. The maximum absolute atomic E-state index is 12.3. The second-order valence-corrected chi connectivity index (χ2v) is 6.51. The first kappa shape index (κ1) is 20.3. The van der Waals surface area contributed by atoms with E-state index in [1.54, 1.807) is 27.7 Å². The summed E-state index contributed by atoms with van der Waals surface area (Å²) in [6, 6.07) is 0. The van der Waals surface area contributed by atoms with E-state index < -0.39 is 23.7 Å². The molecule has 24 heavy (non-hydrogen) atoms. The Labute approximate surface area is 143 Å². The van der Waals surface area contributed by atoms with Gasteiger partial charge in [0.1, 0.15) is 11.6 Å². The lowest BCUT2D eigenvalue weighted by molar-refractivity contribution is -0.151. The van der Waals surface area contributed by atoms with Gasteiger partial charge in [-0.15, -0.1) is 0 Å². The molecule has 0 bridgehead atoms. The number of esters is 2. The molecule has 4 unspecified atom stereocenters. The van der Waals surface area contributed by atoms with Crippen LogP contribution in [-0.4, -0.2) is 36.7 Å². The molecule has 0 radical (unpaired) electrons. The Bertz CT molecular complexity index is 440. The molecule has 0 heterocycles. The smallest absolute Gasteiger partial charge is 0.308 e. The summed E-state index contributed by atoms with van der Waals surface area (Å²) in [5.74, 6) is -2.34. The number of rotatable bonds is 8. The summed E-state index contributed by atoms with van der Waals surface area (Å²) in [6.45, 7) is 7.49. The van der Waals surface area contributed by atoms with Gasteiger partial charge < -0.3 is 9.47 Å². The largest absolute Gasteiger partial charge is 0.466 e. The van der Waals surface area contributed by atoms with Gasteiger partial charge in [-0.05, 0) is 26.7 Å². The Morgan fingerprint density at radius 2 is 1.21 bits per heavy atom. The fraction of sp³-hybridized carbons (Fsp3) is 0.778. The zero-order chi connectivity index (χ0) is 18.3. The molecule has 0 aromatic carbocycles. The van der Waals surface area contributed by atoms with Crippen molar-refractivity contribution in [3.05, 3.63) is 0 Å². The van der Waals surface area contributed by atoms with Crippen molar-refractivity contribution in [1.82, 2.24) is 0 Å². The maximum Gasteiger partial charge on any atom is 0.308 e. The molecule has 136 valence electrons. The summed E-state index contributed by atoms with van der Waals surface area (Å²) in [5.41, 5.74) is 0. The van der Waals surface area contributed by atoms with Crippen molar-refractivity contribution in [1.29, 1.82) is 0 Å². The zero-order valence-corrected chi connectivity index (χ0v) is 15.0. The van der Waals surface area contributed by atoms with Crippen molar-refractivity contribution >= 4 is 23.5 Å². The highest BCUT2D eigenvalue weighted by molar-refractivity contribution is 5.96. The molecule has 6 nitrogen and oxygen atoms in total. The van der Waals surface area contributed by atoms with Crippen molar-refractivity contribution in [2.45, 2.75) is 53.4 Å². The highest BCUT2D eigenvalue weighted by Gasteiger charge is 2.37. The molecule has 1 rings (SSSR count). The number of carbonyl (C=O) groups excluding carboxylic acids is 4. The monoisotopic (exact) mass is 340 g/mol. The highest BCUT2D eigenvalue weighted by atomic mass is 16.5. The summed E-state index contributed by atoms with van der Waals surface area (Å²) >= 11 is 0. The van der Waals surface area contributed by atoms with Gasteiger partial charge in [0, 0.05) is 24.7 Å². The minimum atomic E-state index is -0.425. The van der Waals surface area contributed by atoms with Crippen LogP contribution in [0.5, 0.6) is 0 Å². The molecule has 0 saturated heterocycles. The molecule has 1 saturated carbocycles. The summed E-state index contributed by atoms with van der Waals surface area (Å²) in [7, 11) is 0. The lowest BCUT2D eigenvalue weighted by atomic mass is 9.74. The first-order valence-corrected chi connectivity index (χ1v) is 8.68. The summed E-state index contributed by atoms with van der Waals surface area (Å²) in [5, 5.41) is 0. The molecule has 0 aromatic heterocycles. The SMILES string of the molecule is CCOC(=O)C(C)CC1CC(=O)C(CC(C)C(=O)OCC)CC1=O. The second-order valence-electron chi connectivity index (χ2n) is 6.51. The molecule has 6 heteroatoms.